The molecule has 1 aromatic carbocycles. The Bertz CT molecular complexity index is 674. The number of nitro groups is 1. The standard InChI is InChI=1S/C14H16N4O3/c1-9(2)17-8-12(18(20)21)7-13(17)14(19)16-11-5-3-10(15)4-6-11/h3-9H,15H2,1-2H3,(H,16,19). The number of amides is 1. The molecule has 0 atom stereocenters. The topological polar surface area (TPSA) is 103 Å². The minimum absolute atomic E-state index is 0.0640. The molecule has 0 aliphatic rings. The number of nitrogens with two attached hydrogens (primary N) is 1. The lowest BCUT2D eigenvalue weighted by Crippen LogP contribution is -2.17. The van der Waals surface area contributed by atoms with Crippen molar-refractivity contribution in [1.29, 1.82) is 0 Å². The smallest absolute Gasteiger partial charge is 0.287 e. The number of carbonyl (C=O) groups is 1. The zero-order valence-corrected chi connectivity index (χ0v) is 11.7. The van der Waals surface area contributed by atoms with E-state index >= 15 is 0 Å². The summed E-state index contributed by atoms with van der Waals surface area (Å²) < 4.78 is 1.57. The number of benzene rings is 1. The van der Waals surface area contributed by atoms with Crippen LogP contribution in [0.25, 0.3) is 0 Å². The van der Waals surface area contributed by atoms with Crippen molar-refractivity contribution in [2.24, 2.45) is 0 Å². The Morgan fingerprint density at radius 2 is 1.95 bits per heavy atom. The number of rotatable bonds is 4. The number of hydrogen-bond donors (Lipinski definition) is 2. The molecule has 21 heavy (non-hydrogen) atoms. The number of nitrogens with one attached hydrogen (secondary N) is 1. The molecule has 1 heterocycles. The van der Waals surface area contributed by atoms with Gasteiger partial charge in [0.2, 0.25) is 0 Å². The van der Waals surface area contributed by atoms with E-state index in [9.17, 15) is 14.9 Å². The van der Waals surface area contributed by atoms with Crippen molar-refractivity contribution in [3.05, 3.63) is 52.3 Å². The van der Waals surface area contributed by atoms with Crippen LogP contribution in [0.1, 0.15) is 30.4 Å². The maximum absolute atomic E-state index is 12.3. The van der Waals surface area contributed by atoms with Crippen LogP contribution in [-0.2, 0) is 0 Å². The van der Waals surface area contributed by atoms with Crippen LogP contribution in [-0.4, -0.2) is 15.4 Å². The molecule has 0 bridgehead atoms. The second-order valence-electron chi connectivity index (χ2n) is 4.92. The summed E-state index contributed by atoms with van der Waals surface area (Å²) in [4.78, 5) is 22.6. The molecule has 0 fully saturated rings. The van der Waals surface area contributed by atoms with Crippen LogP contribution < -0.4 is 11.1 Å². The van der Waals surface area contributed by atoms with Crippen LogP contribution in [0.4, 0.5) is 17.1 Å². The van der Waals surface area contributed by atoms with Gasteiger partial charge in [-0.2, -0.15) is 0 Å². The molecule has 0 saturated heterocycles. The summed E-state index contributed by atoms with van der Waals surface area (Å²) >= 11 is 0. The average Bonchev–Trinajstić information content (AvgIpc) is 2.87. The van der Waals surface area contributed by atoms with Gasteiger partial charge < -0.3 is 15.6 Å². The van der Waals surface area contributed by atoms with Crippen LogP contribution >= 0.6 is 0 Å². The zero-order valence-electron chi connectivity index (χ0n) is 11.7. The first kappa shape index (κ1) is 14.6. The second kappa shape index (κ2) is 5.66. The highest BCUT2D eigenvalue weighted by Gasteiger charge is 2.20. The lowest BCUT2D eigenvalue weighted by atomic mass is 10.2. The number of anilines is 2. The summed E-state index contributed by atoms with van der Waals surface area (Å²) in [6.07, 6.45) is 1.36. The molecule has 7 heteroatoms. The van der Waals surface area contributed by atoms with Crippen molar-refractivity contribution in [3.63, 3.8) is 0 Å². The maximum atomic E-state index is 12.3. The third-order valence-electron chi connectivity index (χ3n) is 3.00. The fourth-order valence-corrected chi connectivity index (χ4v) is 1.94. The Morgan fingerprint density at radius 3 is 2.48 bits per heavy atom. The first-order valence-corrected chi connectivity index (χ1v) is 6.41. The Kier molecular flexibility index (Phi) is 3.93. The van der Waals surface area contributed by atoms with Gasteiger partial charge in [0.25, 0.3) is 11.6 Å². The quantitative estimate of drug-likeness (QED) is 0.513. The molecule has 1 amide bonds. The summed E-state index contributed by atoms with van der Waals surface area (Å²) in [7, 11) is 0. The van der Waals surface area contributed by atoms with Crippen LogP contribution in [0.15, 0.2) is 36.5 Å². The van der Waals surface area contributed by atoms with Gasteiger partial charge >= 0.3 is 0 Å². The minimum atomic E-state index is -0.515. The summed E-state index contributed by atoms with van der Waals surface area (Å²) in [6.45, 7) is 3.70. The normalized spacial score (nSPS) is 10.6. The molecule has 2 aromatic rings. The van der Waals surface area contributed by atoms with Crippen molar-refractivity contribution in [1.82, 2.24) is 4.57 Å². The number of nitrogen functional groups attached to an aromatic ring is 1. The molecule has 2 rings (SSSR count). The Balaban J connectivity index is 2.29. The summed E-state index contributed by atoms with van der Waals surface area (Å²) in [5, 5.41) is 13.5. The lowest BCUT2D eigenvalue weighted by Gasteiger charge is -2.12. The molecule has 0 radical (unpaired) electrons. The largest absolute Gasteiger partial charge is 0.399 e. The van der Waals surface area contributed by atoms with Gasteiger partial charge in [-0.3, -0.25) is 14.9 Å². The predicted molar refractivity (Wildman–Crippen MR) is 80.3 cm³/mol. The molecular weight excluding hydrogens is 272 g/mol. The van der Waals surface area contributed by atoms with Crippen LogP contribution in [0.2, 0.25) is 0 Å². The highest BCUT2D eigenvalue weighted by molar-refractivity contribution is 6.03. The monoisotopic (exact) mass is 288 g/mol. The van der Waals surface area contributed by atoms with E-state index in [0.717, 1.165) is 0 Å². The fraction of sp³-hybridized carbons (Fsp3) is 0.214. The van der Waals surface area contributed by atoms with E-state index in [1.54, 1.807) is 28.8 Å². The van der Waals surface area contributed by atoms with Gasteiger partial charge in [0, 0.05) is 23.5 Å². The van der Waals surface area contributed by atoms with Gasteiger partial charge in [-0.25, -0.2) is 0 Å². The van der Waals surface area contributed by atoms with Gasteiger partial charge in [-0.05, 0) is 38.1 Å². The summed E-state index contributed by atoms with van der Waals surface area (Å²) in [5.41, 5.74) is 6.88. The van der Waals surface area contributed by atoms with Crippen LogP contribution in [0.3, 0.4) is 0 Å². The number of aromatic nitrogens is 1. The third kappa shape index (κ3) is 3.19. The van der Waals surface area contributed by atoms with Gasteiger partial charge in [0.1, 0.15) is 5.69 Å². The molecule has 0 saturated carbocycles. The SMILES string of the molecule is CC(C)n1cc([N+](=O)[O-])cc1C(=O)Nc1ccc(N)cc1. The number of carbonyl (C=O) groups excluding carboxylic acids is 1. The number of hydrogen-bond acceptors (Lipinski definition) is 4. The molecular formula is C14H16N4O3. The molecule has 1 aromatic heterocycles. The maximum Gasteiger partial charge on any atom is 0.287 e. The molecule has 0 unspecified atom stereocenters. The highest BCUT2D eigenvalue weighted by atomic mass is 16.6. The van der Waals surface area contributed by atoms with Gasteiger partial charge in [0.05, 0.1) is 11.1 Å². The van der Waals surface area contributed by atoms with Crippen molar-refractivity contribution in [2.75, 3.05) is 11.1 Å². The van der Waals surface area contributed by atoms with Gasteiger partial charge in [0.15, 0.2) is 0 Å². The molecule has 3 N–H and O–H groups in total. The summed E-state index contributed by atoms with van der Waals surface area (Å²) in [6, 6.07) is 7.88. The molecule has 7 nitrogen and oxygen atoms in total. The van der Waals surface area contributed by atoms with E-state index in [0.29, 0.717) is 11.4 Å². The van der Waals surface area contributed by atoms with E-state index in [1.165, 1.54) is 12.3 Å². The third-order valence-corrected chi connectivity index (χ3v) is 3.00. The van der Waals surface area contributed by atoms with E-state index in [1.807, 2.05) is 13.8 Å². The lowest BCUT2D eigenvalue weighted by molar-refractivity contribution is -0.384. The zero-order chi connectivity index (χ0) is 15.6. The fourth-order valence-electron chi connectivity index (χ4n) is 1.94. The second-order valence-corrected chi connectivity index (χ2v) is 4.92. The van der Waals surface area contributed by atoms with Crippen molar-refractivity contribution in [2.45, 2.75) is 19.9 Å². The van der Waals surface area contributed by atoms with E-state index in [-0.39, 0.29) is 17.4 Å². The Labute approximate surface area is 121 Å². The molecule has 0 spiro atoms. The van der Waals surface area contributed by atoms with E-state index < -0.39 is 10.8 Å². The predicted octanol–water partition coefficient (Wildman–Crippen LogP) is 2.81. The molecule has 0 aliphatic heterocycles. The first-order chi connectivity index (χ1) is 9.88. The number of nitrogens with zero attached hydrogens (tertiary/aromatic N) is 2. The van der Waals surface area contributed by atoms with Crippen molar-refractivity contribution in [3.8, 4) is 0 Å². The molecule has 0 aliphatic carbocycles. The Hall–Kier alpha value is -2.83. The van der Waals surface area contributed by atoms with E-state index in [2.05, 4.69) is 5.32 Å². The van der Waals surface area contributed by atoms with Crippen LogP contribution in [0, 0.1) is 10.1 Å². The van der Waals surface area contributed by atoms with Crippen molar-refractivity contribution < 1.29 is 9.72 Å². The molecule has 110 valence electrons. The summed E-state index contributed by atoms with van der Waals surface area (Å²) in [5.74, 6) is -0.401. The van der Waals surface area contributed by atoms with E-state index in [4.69, 9.17) is 5.73 Å². The minimum Gasteiger partial charge on any atom is -0.399 e. The highest BCUT2D eigenvalue weighted by Crippen LogP contribution is 2.22. The first-order valence-electron chi connectivity index (χ1n) is 6.41. The van der Waals surface area contributed by atoms with Gasteiger partial charge in [-0.1, -0.05) is 0 Å². The van der Waals surface area contributed by atoms with Gasteiger partial charge in [-0.15, -0.1) is 0 Å². The van der Waals surface area contributed by atoms with Crippen molar-refractivity contribution >= 4 is 23.0 Å². The average molecular weight is 288 g/mol. The van der Waals surface area contributed by atoms with Crippen LogP contribution in [0.5, 0.6) is 0 Å². The Morgan fingerprint density at radius 1 is 1.33 bits per heavy atom.